The van der Waals surface area contributed by atoms with Gasteiger partial charge in [-0.2, -0.15) is 0 Å². The molecular formula is C31H25BrClNO3. The number of anilines is 1. The fraction of sp³-hybridized carbons (Fsp3) is 0.258. The van der Waals surface area contributed by atoms with E-state index in [1.165, 1.54) is 0 Å². The third-order valence-corrected chi connectivity index (χ3v) is 8.77. The Morgan fingerprint density at radius 2 is 1.57 bits per heavy atom. The number of ketones is 3. The topological polar surface area (TPSA) is 54.5 Å². The second-order valence-electron chi connectivity index (χ2n) is 11.1. The van der Waals surface area contributed by atoms with Crippen molar-refractivity contribution >= 4 is 56.6 Å². The molecule has 1 fully saturated rings. The summed E-state index contributed by atoms with van der Waals surface area (Å²) in [6.07, 6.45) is 3.85. The molecule has 0 bridgehead atoms. The zero-order chi connectivity index (χ0) is 26.3. The quantitative estimate of drug-likeness (QED) is 0.305. The summed E-state index contributed by atoms with van der Waals surface area (Å²) in [7, 11) is 0. The third-order valence-electron chi connectivity index (χ3n) is 8.00. The standard InChI is InChI=1S/C31H25BrClNO3/c1-30(2,3)29(37)26-25(17-8-11-19(32)12-9-17)31(27(35)21-6-4-5-7-22(21)28(31)36)24-15-10-18-16-20(33)13-14-23(18)34(24)26/h4-16,24-26H,1-3H3/t24?,25-,26+/m0/s1. The molecule has 4 nitrogen and oxygen atoms in total. The molecule has 3 aliphatic rings. The number of halogens is 2. The first-order valence-electron chi connectivity index (χ1n) is 12.3. The van der Waals surface area contributed by atoms with Gasteiger partial charge in [0.1, 0.15) is 5.41 Å². The molecular weight excluding hydrogens is 550 g/mol. The highest BCUT2D eigenvalue weighted by molar-refractivity contribution is 9.10. The first kappa shape index (κ1) is 24.3. The SMILES string of the molecule is CC(C)(C)C(=O)[C@H]1[C@H](c2ccc(Br)cc2)C2(C(=O)c3ccccc3C2=O)C2C=Cc3cc(Cl)ccc3N21. The van der Waals surface area contributed by atoms with Crippen LogP contribution >= 0.6 is 27.5 Å². The molecule has 186 valence electrons. The lowest BCUT2D eigenvalue weighted by Crippen LogP contribution is -2.49. The Morgan fingerprint density at radius 1 is 0.946 bits per heavy atom. The molecule has 1 unspecified atom stereocenters. The Hall–Kier alpha value is -3.02. The van der Waals surface area contributed by atoms with Crippen molar-refractivity contribution in [1.29, 1.82) is 0 Å². The van der Waals surface area contributed by atoms with Gasteiger partial charge in [0.05, 0.1) is 12.1 Å². The van der Waals surface area contributed by atoms with Gasteiger partial charge in [0, 0.05) is 37.6 Å². The fourth-order valence-electron chi connectivity index (χ4n) is 6.43. The van der Waals surface area contributed by atoms with E-state index in [9.17, 15) is 14.4 Å². The van der Waals surface area contributed by atoms with Crippen molar-refractivity contribution in [2.45, 2.75) is 38.8 Å². The number of hydrogen-bond acceptors (Lipinski definition) is 4. The van der Waals surface area contributed by atoms with E-state index in [4.69, 9.17) is 11.6 Å². The van der Waals surface area contributed by atoms with E-state index in [1.807, 2.05) is 74.2 Å². The van der Waals surface area contributed by atoms with Gasteiger partial charge in [-0.3, -0.25) is 14.4 Å². The van der Waals surface area contributed by atoms with Gasteiger partial charge in [0.25, 0.3) is 0 Å². The molecule has 0 aromatic heterocycles. The van der Waals surface area contributed by atoms with E-state index in [0.29, 0.717) is 16.1 Å². The third kappa shape index (κ3) is 3.30. The van der Waals surface area contributed by atoms with Gasteiger partial charge in [0.2, 0.25) is 0 Å². The number of rotatable bonds is 2. The van der Waals surface area contributed by atoms with Gasteiger partial charge in [0.15, 0.2) is 17.3 Å². The first-order valence-corrected chi connectivity index (χ1v) is 13.5. The highest BCUT2D eigenvalue weighted by Crippen LogP contribution is 2.61. The van der Waals surface area contributed by atoms with Gasteiger partial charge in [-0.15, -0.1) is 0 Å². The summed E-state index contributed by atoms with van der Waals surface area (Å²) in [5.74, 6) is -1.14. The van der Waals surface area contributed by atoms with Crippen LogP contribution in [0, 0.1) is 10.8 Å². The summed E-state index contributed by atoms with van der Waals surface area (Å²) in [5.41, 5.74) is 1.12. The minimum atomic E-state index is -1.48. The average Bonchev–Trinajstić information content (AvgIpc) is 3.29. The monoisotopic (exact) mass is 573 g/mol. The second kappa shape index (κ2) is 8.24. The minimum Gasteiger partial charge on any atom is -0.352 e. The van der Waals surface area contributed by atoms with Crippen LogP contribution in [0.3, 0.4) is 0 Å². The van der Waals surface area contributed by atoms with Crippen LogP contribution in [0.25, 0.3) is 6.08 Å². The maximum atomic E-state index is 14.5. The molecule has 2 aliphatic heterocycles. The number of benzene rings is 3. The summed E-state index contributed by atoms with van der Waals surface area (Å²) in [6, 6.07) is 18.9. The minimum absolute atomic E-state index is 0.0185. The van der Waals surface area contributed by atoms with Crippen molar-refractivity contribution in [3.63, 3.8) is 0 Å². The predicted molar refractivity (Wildman–Crippen MR) is 149 cm³/mol. The van der Waals surface area contributed by atoms with Crippen LogP contribution in [0.4, 0.5) is 5.69 Å². The highest BCUT2D eigenvalue weighted by atomic mass is 79.9. The van der Waals surface area contributed by atoms with Crippen LogP contribution in [0.15, 0.2) is 77.3 Å². The fourth-order valence-corrected chi connectivity index (χ4v) is 6.88. The summed E-state index contributed by atoms with van der Waals surface area (Å²) in [5, 5.41) is 0.583. The molecule has 1 saturated heterocycles. The number of carbonyl (C=O) groups excluding carboxylic acids is 3. The van der Waals surface area contributed by atoms with Crippen LogP contribution in [-0.2, 0) is 4.79 Å². The van der Waals surface area contributed by atoms with Crippen molar-refractivity contribution in [3.05, 3.63) is 105 Å². The summed E-state index contributed by atoms with van der Waals surface area (Å²) >= 11 is 9.83. The first-order chi connectivity index (χ1) is 17.6. The lowest BCUT2D eigenvalue weighted by Gasteiger charge is -2.38. The number of nitrogens with zero attached hydrogens (tertiary/aromatic N) is 1. The molecule has 3 aromatic rings. The van der Waals surface area contributed by atoms with Gasteiger partial charge >= 0.3 is 0 Å². The van der Waals surface area contributed by atoms with Crippen molar-refractivity contribution in [3.8, 4) is 0 Å². The molecule has 1 spiro atoms. The molecule has 0 N–H and O–H groups in total. The molecule has 0 amide bonds. The van der Waals surface area contributed by atoms with Crippen LogP contribution < -0.4 is 4.90 Å². The summed E-state index contributed by atoms with van der Waals surface area (Å²) < 4.78 is 0.881. The average molecular weight is 575 g/mol. The molecule has 3 aromatic carbocycles. The molecule has 2 heterocycles. The lowest BCUT2D eigenvalue weighted by molar-refractivity contribution is -0.127. The van der Waals surface area contributed by atoms with E-state index in [0.717, 1.165) is 21.3 Å². The molecule has 0 saturated carbocycles. The van der Waals surface area contributed by atoms with Gasteiger partial charge < -0.3 is 4.90 Å². The van der Waals surface area contributed by atoms with Crippen LogP contribution in [0.1, 0.15) is 58.5 Å². The van der Waals surface area contributed by atoms with Gasteiger partial charge in [-0.05, 0) is 41.5 Å². The number of fused-ring (bicyclic) bond motifs is 5. The number of Topliss-reactive ketones (excluding diaryl/α,β-unsaturated/α-hetero) is 3. The zero-order valence-corrected chi connectivity index (χ0v) is 23.0. The van der Waals surface area contributed by atoms with E-state index in [2.05, 4.69) is 15.9 Å². The van der Waals surface area contributed by atoms with E-state index >= 15 is 0 Å². The summed E-state index contributed by atoms with van der Waals surface area (Å²) in [6.45, 7) is 5.68. The van der Waals surface area contributed by atoms with Crippen molar-refractivity contribution in [2.75, 3.05) is 4.90 Å². The van der Waals surface area contributed by atoms with Gasteiger partial charge in [-0.1, -0.05) is 96.9 Å². The second-order valence-corrected chi connectivity index (χ2v) is 12.4. The lowest BCUT2D eigenvalue weighted by atomic mass is 9.63. The maximum Gasteiger partial charge on any atom is 0.180 e. The Kier molecular flexibility index (Phi) is 5.42. The largest absolute Gasteiger partial charge is 0.352 e. The Balaban J connectivity index is 1.70. The van der Waals surface area contributed by atoms with E-state index in [-0.39, 0.29) is 17.3 Å². The Morgan fingerprint density at radius 3 is 2.16 bits per heavy atom. The van der Waals surface area contributed by atoms with Crippen LogP contribution in [0.2, 0.25) is 5.02 Å². The molecule has 6 rings (SSSR count). The van der Waals surface area contributed by atoms with E-state index in [1.54, 1.807) is 30.3 Å². The predicted octanol–water partition coefficient (Wildman–Crippen LogP) is 7.15. The van der Waals surface area contributed by atoms with Crippen molar-refractivity contribution < 1.29 is 14.4 Å². The molecule has 37 heavy (non-hydrogen) atoms. The number of hydrogen-bond donors (Lipinski definition) is 0. The maximum absolute atomic E-state index is 14.5. The molecule has 3 atom stereocenters. The van der Waals surface area contributed by atoms with Crippen LogP contribution in [-0.4, -0.2) is 29.4 Å². The summed E-state index contributed by atoms with van der Waals surface area (Å²) in [4.78, 5) is 45.4. The normalized spacial score (nSPS) is 23.3. The van der Waals surface area contributed by atoms with Crippen molar-refractivity contribution in [2.24, 2.45) is 10.8 Å². The van der Waals surface area contributed by atoms with Gasteiger partial charge in [-0.25, -0.2) is 0 Å². The zero-order valence-electron chi connectivity index (χ0n) is 20.7. The van der Waals surface area contributed by atoms with E-state index < -0.39 is 28.8 Å². The highest BCUT2D eigenvalue weighted by Gasteiger charge is 2.71. The van der Waals surface area contributed by atoms with Crippen molar-refractivity contribution in [1.82, 2.24) is 0 Å². The smallest absolute Gasteiger partial charge is 0.180 e. The van der Waals surface area contributed by atoms with Crippen LogP contribution in [0.5, 0.6) is 0 Å². The molecule has 0 radical (unpaired) electrons. The Labute approximate surface area is 229 Å². The molecule has 6 heteroatoms. The molecule has 1 aliphatic carbocycles. The number of carbonyl (C=O) groups is 3. The Bertz CT molecular complexity index is 1480.